The minimum Gasteiger partial charge on any atom is -0.464 e. The van der Waals surface area contributed by atoms with E-state index in [1.807, 2.05) is 31.2 Å². The zero-order valence-electron chi connectivity index (χ0n) is 10.8. The van der Waals surface area contributed by atoms with E-state index < -0.39 is 0 Å². The number of fused-ring (bicyclic) bond motifs is 1. The molecule has 6 heteroatoms. The van der Waals surface area contributed by atoms with Crippen LogP contribution in [0.25, 0.3) is 22.7 Å². The van der Waals surface area contributed by atoms with Gasteiger partial charge in [0.1, 0.15) is 23.6 Å². The Morgan fingerprint density at radius 3 is 3.00 bits per heavy atom. The summed E-state index contributed by atoms with van der Waals surface area (Å²) in [5.74, 6) is 3.16. The molecule has 20 heavy (non-hydrogen) atoms. The van der Waals surface area contributed by atoms with Crippen molar-refractivity contribution < 1.29 is 8.83 Å². The van der Waals surface area contributed by atoms with Crippen molar-refractivity contribution in [2.75, 3.05) is 0 Å². The first kappa shape index (κ1) is 11.1. The molecule has 4 aromatic rings. The molecular formula is C14H12N4O2. The number of aryl methyl sites for hydroxylation is 1. The lowest BCUT2D eigenvalue weighted by molar-refractivity contribution is 0.462. The van der Waals surface area contributed by atoms with Gasteiger partial charge in [0.05, 0.1) is 12.5 Å². The first-order valence-electron chi connectivity index (χ1n) is 6.30. The Labute approximate surface area is 114 Å². The van der Waals surface area contributed by atoms with E-state index in [0.29, 0.717) is 18.1 Å². The Morgan fingerprint density at radius 2 is 2.25 bits per heavy atom. The second kappa shape index (κ2) is 4.12. The number of hydrogen-bond acceptors (Lipinski definition) is 4. The molecule has 0 aliphatic heterocycles. The van der Waals surface area contributed by atoms with Crippen molar-refractivity contribution in [3.8, 4) is 11.6 Å². The molecule has 0 atom stereocenters. The van der Waals surface area contributed by atoms with Crippen LogP contribution in [0.3, 0.4) is 0 Å². The van der Waals surface area contributed by atoms with Crippen molar-refractivity contribution in [1.29, 1.82) is 0 Å². The van der Waals surface area contributed by atoms with Crippen LogP contribution in [-0.4, -0.2) is 19.7 Å². The van der Waals surface area contributed by atoms with Crippen LogP contribution in [0.1, 0.15) is 11.5 Å². The van der Waals surface area contributed by atoms with E-state index in [1.165, 1.54) is 0 Å². The highest BCUT2D eigenvalue weighted by Gasteiger charge is 2.13. The monoisotopic (exact) mass is 268 g/mol. The Bertz CT molecular complexity index is 851. The maximum absolute atomic E-state index is 5.57. The molecule has 0 fully saturated rings. The smallest absolute Gasteiger partial charge is 0.177 e. The Kier molecular flexibility index (Phi) is 2.29. The molecule has 6 nitrogen and oxygen atoms in total. The van der Waals surface area contributed by atoms with Gasteiger partial charge in [0, 0.05) is 0 Å². The molecule has 0 spiro atoms. The van der Waals surface area contributed by atoms with Crippen molar-refractivity contribution >= 4 is 11.2 Å². The van der Waals surface area contributed by atoms with Crippen LogP contribution in [0.4, 0.5) is 0 Å². The third-order valence-electron chi connectivity index (χ3n) is 3.14. The van der Waals surface area contributed by atoms with Gasteiger partial charge in [-0.2, -0.15) is 5.10 Å². The summed E-state index contributed by atoms with van der Waals surface area (Å²) in [4.78, 5) is 7.72. The molecule has 1 N–H and O–H groups in total. The van der Waals surface area contributed by atoms with Crippen molar-refractivity contribution in [2.24, 2.45) is 0 Å². The van der Waals surface area contributed by atoms with Crippen LogP contribution in [0.5, 0.6) is 0 Å². The van der Waals surface area contributed by atoms with E-state index in [0.717, 1.165) is 22.7 Å². The second-order valence-electron chi connectivity index (χ2n) is 4.61. The average Bonchev–Trinajstić information content (AvgIpc) is 3.15. The molecule has 4 aromatic heterocycles. The molecule has 0 saturated carbocycles. The number of H-pyrrole nitrogens is 1. The van der Waals surface area contributed by atoms with Crippen LogP contribution >= 0.6 is 0 Å². The highest BCUT2D eigenvalue weighted by Crippen LogP contribution is 2.21. The molecule has 100 valence electrons. The first-order chi connectivity index (χ1) is 9.79. The van der Waals surface area contributed by atoms with Gasteiger partial charge >= 0.3 is 0 Å². The summed E-state index contributed by atoms with van der Waals surface area (Å²) in [6.45, 7) is 2.48. The lowest BCUT2D eigenvalue weighted by atomic mass is 10.4. The molecule has 4 heterocycles. The minimum atomic E-state index is 0.555. The molecule has 0 radical (unpaired) electrons. The van der Waals surface area contributed by atoms with Crippen LogP contribution in [0, 0.1) is 6.92 Å². The summed E-state index contributed by atoms with van der Waals surface area (Å²) in [6.07, 6.45) is 3.38. The zero-order chi connectivity index (χ0) is 13.5. The quantitative estimate of drug-likeness (QED) is 0.620. The largest absolute Gasteiger partial charge is 0.464 e. The third-order valence-corrected chi connectivity index (χ3v) is 3.14. The van der Waals surface area contributed by atoms with Gasteiger partial charge in [-0.25, -0.2) is 9.67 Å². The van der Waals surface area contributed by atoms with Gasteiger partial charge in [-0.15, -0.1) is 0 Å². The van der Waals surface area contributed by atoms with Crippen LogP contribution in [-0.2, 0) is 6.54 Å². The van der Waals surface area contributed by atoms with Crippen LogP contribution in [0.2, 0.25) is 0 Å². The lowest BCUT2D eigenvalue weighted by Crippen LogP contribution is -2.00. The zero-order valence-corrected chi connectivity index (χ0v) is 10.8. The molecule has 0 saturated heterocycles. The average molecular weight is 268 g/mol. The summed E-state index contributed by atoms with van der Waals surface area (Å²) >= 11 is 0. The molecular weight excluding hydrogens is 256 g/mol. The Balaban J connectivity index is 1.73. The number of nitrogens with zero attached hydrogens (tertiary/aromatic N) is 3. The lowest BCUT2D eigenvalue weighted by Gasteiger charge is -1.97. The first-order valence-corrected chi connectivity index (χ1v) is 6.30. The molecule has 0 aliphatic carbocycles. The third kappa shape index (κ3) is 1.73. The number of rotatable bonds is 3. The van der Waals surface area contributed by atoms with Crippen LogP contribution in [0.15, 0.2) is 45.6 Å². The van der Waals surface area contributed by atoms with E-state index in [1.54, 1.807) is 17.1 Å². The van der Waals surface area contributed by atoms with E-state index in [-0.39, 0.29) is 0 Å². The summed E-state index contributed by atoms with van der Waals surface area (Å²) in [6, 6.07) is 7.59. The predicted octanol–water partition coefficient (Wildman–Crippen LogP) is 2.97. The van der Waals surface area contributed by atoms with E-state index in [2.05, 4.69) is 15.1 Å². The fourth-order valence-corrected chi connectivity index (χ4v) is 2.21. The highest BCUT2D eigenvalue weighted by atomic mass is 16.3. The van der Waals surface area contributed by atoms with Crippen LogP contribution < -0.4 is 0 Å². The van der Waals surface area contributed by atoms with Crippen molar-refractivity contribution in [3.63, 3.8) is 0 Å². The maximum Gasteiger partial charge on any atom is 0.177 e. The van der Waals surface area contributed by atoms with E-state index in [9.17, 15) is 0 Å². The Hall–Kier alpha value is -2.76. The standard InChI is InChI=1S/C14H12N4O2/c1-9-4-5-10(20-9)8-18-14-11(7-15-18)16-13(17-14)12-3-2-6-19-12/h2-7H,8H2,1H3,(H,16,17). The molecule has 0 unspecified atom stereocenters. The van der Waals surface area contributed by atoms with Gasteiger partial charge in [0.2, 0.25) is 0 Å². The number of aromatic amines is 1. The number of aromatic nitrogens is 4. The number of hydrogen-bond donors (Lipinski definition) is 1. The molecule has 0 aliphatic rings. The Morgan fingerprint density at radius 1 is 1.30 bits per heavy atom. The van der Waals surface area contributed by atoms with Gasteiger partial charge in [-0.05, 0) is 31.2 Å². The van der Waals surface area contributed by atoms with Crippen molar-refractivity contribution in [2.45, 2.75) is 13.5 Å². The minimum absolute atomic E-state index is 0.555. The van der Waals surface area contributed by atoms with Gasteiger partial charge in [-0.1, -0.05) is 0 Å². The molecule has 0 amide bonds. The number of nitrogens with one attached hydrogen (secondary N) is 1. The van der Waals surface area contributed by atoms with E-state index in [4.69, 9.17) is 8.83 Å². The van der Waals surface area contributed by atoms with E-state index >= 15 is 0 Å². The van der Waals surface area contributed by atoms with Crippen molar-refractivity contribution in [1.82, 2.24) is 19.7 Å². The predicted molar refractivity (Wildman–Crippen MR) is 72.1 cm³/mol. The van der Waals surface area contributed by atoms with Gasteiger partial charge in [0.15, 0.2) is 17.2 Å². The van der Waals surface area contributed by atoms with Crippen molar-refractivity contribution in [3.05, 3.63) is 48.2 Å². The van der Waals surface area contributed by atoms with Gasteiger partial charge in [0.25, 0.3) is 0 Å². The SMILES string of the molecule is Cc1ccc(Cn2ncc3[nH]c(-c4ccco4)nc32)o1. The highest BCUT2D eigenvalue weighted by molar-refractivity contribution is 5.74. The second-order valence-corrected chi connectivity index (χ2v) is 4.61. The summed E-state index contributed by atoms with van der Waals surface area (Å²) in [7, 11) is 0. The number of imidazole rings is 1. The normalized spacial score (nSPS) is 11.4. The summed E-state index contributed by atoms with van der Waals surface area (Å²) in [5, 5.41) is 4.31. The topological polar surface area (TPSA) is 72.8 Å². The van der Waals surface area contributed by atoms with Gasteiger partial charge < -0.3 is 13.8 Å². The fraction of sp³-hybridized carbons (Fsp3) is 0.143. The summed E-state index contributed by atoms with van der Waals surface area (Å²) < 4.78 is 12.7. The number of furan rings is 2. The molecule has 4 rings (SSSR count). The molecule has 0 bridgehead atoms. The maximum atomic E-state index is 5.57. The summed E-state index contributed by atoms with van der Waals surface area (Å²) in [5.41, 5.74) is 1.66. The molecule has 0 aromatic carbocycles. The fourth-order valence-electron chi connectivity index (χ4n) is 2.21. The van der Waals surface area contributed by atoms with Gasteiger partial charge in [-0.3, -0.25) is 0 Å².